The number of fused-ring (bicyclic) bond motifs is 4. The van der Waals surface area contributed by atoms with Gasteiger partial charge in [-0.05, 0) is 79.9 Å². The Kier molecular flexibility index (Phi) is 5.96. The van der Waals surface area contributed by atoms with Gasteiger partial charge >= 0.3 is 0 Å². The van der Waals surface area contributed by atoms with Crippen molar-refractivity contribution in [2.24, 2.45) is 0 Å². The quantitative estimate of drug-likeness (QED) is 0.186. The van der Waals surface area contributed by atoms with E-state index in [1.54, 1.807) is 0 Å². The van der Waals surface area contributed by atoms with E-state index in [0.29, 0.717) is 11.1 Å². The van der Waals surface area contributed by atoms with E-state index in [0.717, 1.165) is 0 Å². The zero-order valence-corrected chi connectivity index (χ0v) is 26.4. The van der Waals surface area contributed by atoms with Crippen LogP contribution in [0.4, 0.5) is 0 Å². The number of rotatable bonds is 4. The summed E-state index contributed by atoms with van der Waals surface area (Å²) in [5.74, 6) is 0. The Morgan fingerprint density at radius 1 is 0.419 bits per heavy atom. The van der Waals surface area contributed by atoms with Gasteiger partial charge in [-0.3, -0.25) is 0 Å². The van der Waals surface area contributed by atoms with Crippen molar-refractivity contribution in [1.82, 2.24) is 0 Å². The topological polar surface area (TPSA) is 0 Å². The lowest BCUT2D eigenvalue weighted by Crippen LogP contribution is -2.42. The highest BCUT2D eigenvalue weighted by Gasteiger charge is 2.47. The summed E-state index contributed by atoms with van der Waals surface area (Å²) < 4.78 is 0. The maximum atomic E-state index is 2.64. The Morgan fingerprint density at radius 3 is 1.26 bits per heavy atom. The Labute approximate surface area is 256 Å². The predicted molar refractivity (Wildman–Crippen MR) is 189 cm³/mol. The highest BCUT2D eigenvalue weighted by Crippen LogP contribution is 2.54. The summed E-state index contributed by atoms with van der Waals surface area (Å²) in [7, 11) is -1.96. The van der Waals surface area contributed by atoms with Crippen LogP contribution in [0.5, 0.6) is 0 Å². The predicted octanol–water partition coefficient (Wildman–Crippen LogP) is 11.8. The van der Waals surface area contributed by atoms with Crippen LogP contribution in [-0.2, 0) is 0 Å². The third-order valence-corrected chi connectivity index (χ3v) is 14.7. The minimum absolute atomic E-state index is 0.470. The minimum Gasteiger partial charge on any atom is -0.0679 e. The van der Waals surface area contributed by atoms with Gasteiger partial charge in [-0.1, -0.05) is 158 Å². The summed E-state index contributed by atoms with van der Waals surface area (Å²) in [5.41, 5.74) is 15.3. The van der Waals surface area contributed by atoms with Gasteiger partial charge in [0.05, 0.1) is 8.07 Å². The first-order valence-electron chi connectivity index (χ1n) is 15.5. The molecule has 8 rings (SSSR count). The molecule has 0 heterocycles. The maximum absolute atomic E-state index is 2.64. The average molecular weight is 569 g/mol. The molecule has 2 aliphatic rings. The molecular formula is C42H36Si. The molecule has 6 aromatic carbocycles. The molecule has 0 saturated heterocycles. The molecule has 0 aromatic heterocycles. The second kappa shape index (κ2) is 9.79. The standard InChI is InChI=1S/C42H36Si/c1-27-25-39-35(33-19-9-15-29-13-5-7-17-31(29)33)21-11-23-37(39)41(27)43(3,4)42-28(2)26-40-36(22-12-24-38(40)42)34-20-10-16-30-14-6-8-18-32(30)34/h5-26,41-42H,1-4H3/t41-,42-/m0/s1. The van der Waals surface area contributed by atoms with Crippen LogP contribution in [-0.4, -0.2) is 8.07 Å². The number of hydrogen-bond donors (Lipinski definition) is 0. The van der Waals surface area contributed by atoms with Crippen molar-refractivity contribution in [3.8, 4) is 22.3 Å². The molecule has 1 heteroatoms. The lowest BCUT2D eigenvalue weighted by Gasteiger charge is -2.39. The average Bonchev–Trinajstić information content (AvgIpc) is 3.56. The van der Waals surface area contributed by atoms with Crippen LogP contribution in [0.25, 0.3) is 56.0 Å². The van der Waals surface area contributed by atoms with Crippen LogP contribution in [0.1, 0.15) is 47.2 Å². The van der Waals surface area contributed by atoms with Gasteiger partial charge in [-0.15, -0.1) is 0 Å². The lowest BCUT2D eigenvalue weighted by atomic mass is 9.93. The molecule has 208 valence electrons. The van der Waals surface area contributed by atoms with Crippen molar-refractivity contribution in [2.75, 3.05) is 0 Å². The lowest BCUT2D eigenvalue weighted by molar-refractivity contribution is 0.969. The Hall–Kier alpha value is -4.46. The molecule has 0 saturated carbocycles. The summed E-state index contributed by atoms with van der Waals surface area (Å²) in [6.07, 6.45) is 5.01. The second-order valence-corrected chi connectivity index (χ2v) is 17.9. The smallest absolute Gasteiger partial charge is 0.0679 e. The summed E-state index contributed by atoms with van der Waals surface area (Å²) in [6, 6.07) is 45.1. The SMILES string of the molecule is CC1=Cc2c(-c3cccc4ccccc34)cccc2[C@H]1[Si](C)(C)[C@H]1C(C)=Cc2c(-c3cccc4ccccc34)cccc21. The van der Waals surface area contributed by atoms with Crippen LogP contribution < -0.4 is 0 Å². The molecule has 0 bridgehead atoms. The highest BCUT2D eigenvalue weighted by molar-refractivity contribution is 6.81. The molecule has 2 atom stereocenters. The molecule has 43 heavy (non-hydrogen) atoms. The fourth-order valence-electron chi connectivity index (χ4n) is 8.64. The van der Waals surface area contributed by atoms with Crippen molar-refractivity contribution in [1.29, 1.82) is 0 Å². The number of hydrogen-bond acceptors (Lipinski definition) is 0. The summed E-state index contributed by atoms with van der Waals surface area (Å²) >= 11 is 0. The highest BCUT2D eigenvalue weighted by atomic mass is 28.3. The summed E-state index contributed by atoms with van der Waals surface area (Å²) in [5, 5.41) is 5.25. The van der Waals surface area contributed by atoms with Gasteiger partial charge < -0.3 is 0 Å². The molecule has 0 fully saturated rings. The van der Waals surface area contributed by atoms with E-state index >= 15 is 0 Å². The summed E-state index contributed by atoms with van der Waals surface area (Å²) in [4.78, 5) is 0. The van der Waals surface area contributed by atoms with E-state index in [9.17, 15) is 0 Å². The molecular weight excluding hydrogens is 533 g/mol. The van der Waals surface area contributed by atoms with Gasteiger partial charge in [0, 0.05) is 11.1 Å². The van der Waals surface area contributed by atoms with Crippen molar-refractivity contribution in [3.63, 3.8) is 0 Å². The molecule has 0 unspecified atom stereocenters. The van der Waals surface area contributed by atoms with Crippen LogP contribution in [0, 0.1) is 0 Å². The largest absolute Gasteiger partial charge is 0.0722 e. The first-order chi connectivity index (χ1) is 20.9. The fourth-order valence-corrected chi connectivity index (χ4v) is 13.6. The normalized spacial score (nSPS) is 17.6. The van der Waals surface area contributed by atoms with Crippen LogP contribution in [0.15, 0.2) is 132 Å². The first-order valence-corrected chi connectivity index (χ1v) is 18.7. The van der Waals surface area contributed by atoms with Crippen LogP contribution in [0.3, 0.4) is 0 Å². The maximum Gasteiger partial charge on any atom is 0.0722 e. The van der Waals surface area contributed by atoms with Gasteiger partial charge in [-0.25, -0.2) is 0 Å². The number of allylic oxidation sites excluding steroid dienone is 2. The molecule has 0 N–H and O–H groups in total. The molecule has 6 aromatic rings. The molecule has 0 spiro atoms. The Bertz CT molecular complexity index is 1980. The van der Waals surface area contributed by atoms with E-state index < -0.39 is 8.07 Å². The minimum atomic E-state index is -1.96. The molecule has 0 aliphatic heterocycles. The van der Waals surface area contributed by atoms with E-state index in [1.165, 1.54) is 77.2 Å². The molecule has 0 amide bonds. The molecule has 0 radical (unpaired) electrons. The van der Waals surface area contributed by atoms with Gasteiger partial charge in [-0.2, -0.15) is 0 Å². The van der Waals surface area contributed by atoms with Gasteiger partial charge in [0.2, 0.25) is 0 Å². The Balaban J connectivity index is 1.25. The zero-order valence-electron chi connectivity index (χ0n) is 25.4. The van der Waals surface area contributed by atoms with E-state index in [4.69, 9.17) is 0 Å². The monoisotopic (exact) mass is 568 g/mol. The first kappa shape index (κ1) is 26.2. The third-order valence-electron chi connectivity index (χ3n) is 10.2. The number of benzene rings is 6. The Morgan fingerprint density at radius 2 is 0.791 bits per heavy atom. The van der Waals surface area contributed by atoms with Crippen LogP contribution in [0.2, 0.25) is 13.1 Å². The van der Waals surface area contributed by atoms with E-state index in [1.807, 2.05) is 0 Å². The van der Waals surface area contributed by atoms with Gasteiger partial charge in [0.15, 0.2) is 0 Å². The van der Waals surface area contributed by atoms with Gasteiger partial charge in [0.1, 0.15) is 0 Å². The van der Waals surface area contributed by atoms with Crippen molar-refractivity contribution < 1.29 is 0 Å². The molecule has 2 aliphatic carbocycles. The zero-order chi connectivity index (χ0) is 29.3. The van der Waals surface area contributed by atoms with Crippen molar-refractivity contribution in [3.05, 3.63) is 155 Å². The second-order valence-electron chi connectivity index (χ2n) is 13.1. The van der Waals surface area contributed by atoms with E-state index in [2.05, 4.69) is 160 Å². The third kappa shape index (κ3) is 3.95. The summed E-state index contributed by atoms with van der Waals surface area (Å²) in [6.45, 7) is 10.0. The molecule has 0 nitrogen and oxygen atoms in total. The van der Waals surface area contributed by atoms with Gasteiger partial charge in [0.25, 0.3) is 0 Å². The fraction of sp³-hybridized carbons (Fsp3) is 0.143. The van der Waals surface area contributed by atoms with Crippen molar-refractivity contribution >= 4 is 41.8 Å². The van der Waals surface area contributed by atoms with Crippen molar-refractivity contribution in [2.45, 2.75) is 38.0 Å². The van der Waals surface area contributed by atoms with Crippen LogP contribution >= 0.6 is 0 Å². The van der Waals surface area contributed by atoms with E-state index in [-0.39, 0.29) is 0 Å².